The number of fused-ring (bicyclic) bond motifs is 1. The second kappa shape index (κ2) is 11.3. The minimum Gasteiger partial charge on any atom is -0.391 e. The molecule has 2 saturated heterocycles. The number of hydrogen-bond donors (Lipinski definition) is 1. The first-order chi connectivity index (χ1) is 19.8. The summed E-state index contributed by atoms with van der Waals surface area (Å²) in [5.41, 5.74) is 3.44. The number of aliphatic hydroxyl groups excluding tert-OH is 1. The first-order valence-electron chi connectivity index (χ1n) is 13.9. The van der Waals surface area contributed by atoms with Crippen LogP contribution >= 0.6 is 11.3 Å². The molecule has 0 radical (unpaired) electrons. The Morgan fingerprint density at radius 2 is 1.88 bits per heavy atom. The number of amides is 1. The number of aliphatic hydroxyl groups is 1. The van der Waals surface area contributed by atoms with Gasteiger partial charge in [-0.2, -0.15) is 0 Å². The van der Waals surface area contributed by atoms with Crippen LogP contribution in [-0.4, -0.2) is 94.1 Å². The summed E-state index contributed by atoms with van der Waals surface area (Å²) < 4.78 is 30.7. The van der Waals surface area contributed by atoms with Crippen LogP contribution < -0.4 is 9.80 Å². The van der Waals surface area contributed by atoms with Crippen molar-refractivity contribution < 1.29 is 18.7 Å². The van der Waals surface area contributed by atoms with Gasteiger partial charge in [-0.15, -0.1) is 11.3 Å². The largest absolute Gasteiger partial charge is 0.391 e. The predicted molar refractivity (Wildman–Crippen MR) is 156 cm³/mol. The SMILES string of the molecule is CCc1nc2cc(F)c(N3CCN(CC(=O)N4CC[C@@H](O)C4)CC3)cn2c1N(C)c1nc(-c2ccc(F)cc2)cs1. The van der Waals surface area contributed by atoms with Crippen molar-refractivity contribution in [2.75, 3.05) is 62.7 Å². The number of hydrogen-bond acceptors (Lipinski definition) is 8. The molecule has 1 amide bonds. The first-order valence-corrected chi connectivity index (χ1v) is 14.8. The third kappa shape index (κ3) is 5.51. The highest BCUT2D eigenvalue weighted by atomic mass is 32.1. The summed E-state index contributed by atoms with van der Waals surface area (Å²) in [5.74, 6) is 0.231. The Balaban J connectivity index is 1.22. The molecule has 1 atom stereocenters. The lowest BCUT2D eigenvalue weighted by Gasteiger charge is -2.36. The van der Waals surface area contributed by atoms with E-state index in [0.717, 1.165) is 27.9 Å². The molecule has 2 fully saturated rings. The summed E-state index contributed by atoms with van der Waals surface area (Å²) in [6, 6.07) is 7.74. The zero-order valence-electron chi connectivity index (χ0n) is 23.1. The molecule has 0 unspecified atom stereocenters. The van der Waals surface area contributed by atoms with E-state index < -0.39 is 6.10 Å². The summed E-state index contributed by atoms with van der Waals surface area (Å²) in [5, 5.41) is 12.4. The fourth-order valence-corrected chi connectivity index (χ4v) is 6.39. The highest BCUT2D eigenvalue weighted by Crippen LogP contribution is 2.35. The maximum Gasteiger partial charge on any atom is 0.236 e. The first kappa shape index (κ1) is 27.6. The highest BCUT2D eigenvalue weighted by molar-refractivity contribution is 7.14. The van der Waals surface area contributed by atoms with Crippen molar-refractivity contribution in [3.8, 4) is 11.3 Å². The van der Waals surface area contributed by atoms with E-state index in [1.807, 2.05) is 39.7 Å². The molecule has 216 valence electrons. The molecule has 1 N–H and O–H groups in total. The molecule has 1 aromatic carbocycles. The van der Waals surface area contributed by atoms with Gasteiger partial charge in [0.05, 0.1) is 29.7 Å². The number of imidazole rings is 1. The minimum atomic E-state index is -0.429. The van der Waals surface area contributed by atoms with Gasteiger partial charge in [0.2, 0.25) is 5.91 Å². The molecule has 5 heterocycles. The van der Waals surface area contributed by atoms with Crippen LogP contribution in [0, 0.1) is 11.6 Å². The number of likely N-dealkylation sites (tertiary alicyclic amines) is 1. The van der Waals surface area contributed by atoms with E-state index in [9.17, 15) is 14.3 Å². The Morgan fingerprint density at radius 3 is 2.56 bits per heavy atom. The zero-order chi connectivity index (χ0) is 28.7. The van der Waals surface area contributed by atoms with E-state index in [2.05, 4.69) is 4.90 Å². The minimum absolute atomic E-state index is 0.0329. The van der Waals surface area contributed by atoms with Gasteiger partial charge in [-0.3, -0.25) is 14.1 Å². The predicted octanol–water partition coefficient (Wildman–Crippen LogP) is 3.78. The number of benzene rings is 1. The topological polar surface area (TPSA) is 80.5 Å². The van der Waals surface area contributed by atoms with Crippen molar-refractivity contribution in [1.82, 2.24) is 24.2 Å². The number of halogens is 2. The number of nitrogens with zero attached hydrogens (tertiary/aromatic N) is 7. The molecule has 0 saturated carbocycles. The van der Waals surface area contributed by atoms with Gasteiger partial charge >= 0.3 is 0 Å². The fraction of sp³-hybridized carbons (Fsp3) is 0.414. The van der Waals surface area contributed by atoms with E-state index in [-0.39, 0.29) is 17.5 Å². The number of rotatable bonds is 7. The summed E-state index contributed by atoms with van der Waals surface area (Å²) in [7, 11) is 1.92. The van der Waals surface area contributed by atoms with Crippen molar-refractivity contribution >= 4 is 39.5 Å². The van der Waals surface area contributed by atoms with E-state index >= 15 is 4.39 Å². The number of β-amino-alcohol motifs (C(OH)–C–C–N with tert-alkyl or cyclic N) is 1. The zero-order valence-corrected chi connectivity index (χ0v) is 23.9. The molecule has 9 nitrogen and oxygen atoms in total. The molecule has 41 heavy (non-hydrogen) atoms. The van der Waals surface area contributed by atoms with Crippen molar-refractivity contribution in [2.24, 2.45) is 0 Å². The molecule has 4 aromatic rings. The maximum atomic E-state index is 15.4. The van der Waals surface area contributed by atoms with Gasteiger partial charge in [-0.25, -0.2) is 18.7 Å². The van der Waals surface area contributed by atoms with Crippen LogP contribution in [-0.2, 0) is 11.2 Å². The van der Waals surface area contributed by atoms with Crippen molar-refractivity contribution in [3.05, 3.63) is 59.2 Å². The van der Waals surface area contributed by atoms with Crippen LogP contribution in [0.5, 0.6) is 0 Å². The lowest BCUT2D eigenvalue weighted by atomic mass is 10.2. The molecular weight excluding hydrogens is 548 g/mol. The third-order valence-corrected chi connectivity index (χ3v) is 8.81. The Kier molecular flexibility index (Phi) is 7.62. The van der Waals surface area contributed by atoms with E-state index in [0.29, 0.717) is 70.0 Å². The van der Waals surface area contributed by atoms with Gasteiger partial charge in [0, 0.05) is 69.5 Å². The number of carbonyl (C=O) groups is 1. The standard InChI is InChI=1S/C29H33F2N7O2S/c1-3-23-28(34(2)29-33-24(18-41-29)19-4-6-20(30)7-5-19)38-16-25(22(31)14-26(38)32-23)36-12-10-35(11-13-36)17-27(40)37-9-8-21(39)15-37/h4-7,14,16,18,21,39H,3,8-13,15,17H2,1-2H3/t21-/m1/s1. The smallest absolute Gasteiger partial charge is 0.236 e. The average molecular weight is 582 g/mol. The Hall–Kier alpha value is -3.61. The molecule has 2 aliphatic rings. The van der Waals surface area contributed by atoms with Gasteiger partial charge in [-0.1, -0.05) is 6.92 Å². The van der Waals surface area contributed by atoms with Crippen LogP contribution in [0.1, 0.15) is 19.0 Å². The van der Waals surface area contributed by atoms with Gasteiger partial charge in [0.1, 0.15) is 17.3 Å². The lowest BCUT2D eigenvalue weighted by Crippen LogP contribution is -2.50. The molecule has 0 bridgehead atoms. The van der Waals surface area contributed by atoms with Crippen molar-refractivity contribution in [1.29, 1.82) is 0 Å². The maximum absolute atomic E-state index is 15.4. The molecule has 0 aliphatic carbocycles. The van der Waals surface area contributed by atoms with Gasteiger partial charge < -0.3 is 19.8 Å². The van der Waals surface area contributed by atoms with Crippen molar-refractivity contribution in [3.63, 3.8) is 0 Å². The van der Waals surface area contributed by atoms with E-state index in [1.54, 1.807) is 17.0 Å². The quantitative estimate of drug-likeness (QED) is 0.356. The number of piperazine rings is 1. The molecule has 2 aliphatic heterocycles. The van der Waals surface area contributed by atoms with Gasteiger partial charge in [-0.05, 0) is 37.1 Å². The summed E-state index contributed by atoms with van der Waals surface area (Å²) in [4.78, 5) is 29.9. The van der Waals surface area contributed by atoms with Crippen LogP contribution in [0.4, 0.5) is 25.4 Å². The lowest BCUT2D eigenvalue weighted by molar-refractivity contribution is -0.131. The van der Waals surface area contributed by atoms with E-state index in [1.165, 1.54) is 29.5 Å². The number of aryl methyl sites for hydroxylation is 1. The second-order valence-electron chi connectivity index (χ2n) is 10.6. The molecule has 0 spiro atoms. The monoisotopic (exact) mass is 581 g/mol. The number of thiazole rings is 1. The Bertz CT molecular complexity index is 1550. The molecular formula is C29H33F2N7O2S. The van der Waals surface area contributed by atoms with Gasteiger partial charge in [0.25, 0.3) is 0 Å². The van der Waals surface area contributed by atoms with E-state index in [4.69, 9.17) is 9.97 Å². The van der Waals surface area contributed by atoms with Crippen molar-refractivity contribution in [2.45, 2.75) is 25.9 Å². The number of carbonyl (C=O) groups excluding carboxylic acids is 1. The molecule has 12 heteroatoms. The van der Waals surface area contributed by atoms with Crippen LogP contribution in [0.25, 0.3) is 16.9 Å². The summed E-state index contributed by atoms with van der Waals surface area (Å²) in [6.07, 6.45) is 2.67. The highest BCUT2D eigenvalue weighted by Gasteiger charge is 2.28. The fourth-order valence-electron chi connectivity index (χ4n) is 5.58. The summed E-state index contributed by atoms with van der Waals surface area (Å²) in [6.45, 7) is 5.79. The molecule has 6 rings (SSSR count). The van der Waals surface area contributed by atoms with Crippen LogP contribution in [0.2, 0.25) is 0 Å². The number of pyridine rings is 1. The Morgan fingerprint density at radius 1 is 1.12 bits per heavy atom. The third-order valence-electron chi connectivity index (χ3n) is 7.89. The summed E-state index contributed by atoms with van der Waals surface area (Å²) >= 11 is 1.48. The average Bonchev–Trinajstić information content (AvgIpc) is 3.71. The molecule has 3 aromatic heterocycles. The second-order valence-corrected chi connectivity index (χ2v) is 11.4. The Labute approximate surface area is 241 Å². The number of anilines is 3. The van der Waals surface area contributed by atoms with Gasteiger partial charge in [0.15, 0.2) is 10.9 Å². The van der Waals surface area contributed by atoms with Crippen LogP contribution in [0.3, 0.4) is 0 Å². The normalized spacial score (nSPS) is 18.0. The van der Waals surface area contributed by atoms with Crippen LogP contribution in [0.15, 0.2) is 41.9 Å². The number of aromatic nitrogens is 3.